The van der Waals surface area contributed by atoms with E-state index in [2.05, 4.69) is 31.5 Å². The number of nitrogens with one attached hydrogen (secondary N) is 1. The van der Waals surface area contributed by atoms with Gasteiger partial charge in [-0.2, -0.15) is 0 Å². The first-order chi connectivity index (χ1) is 3.29. The maximum atomic E-state index is 5.11. The molecule has 0 aliphatic heterocycles. The molecule has 34 valence electrons. The molecule has 0 unspecified atom stereocenters. The fourth-order valence-electron chi connectivity index (χ4n) is 0.288. The molecule has 0 fully saturated rings. The van der Waals surface area contributed by atoms with Gasteiger partial charge in [-0.15, -0.1) is 5.10 Å². The van der Waals surface area contributed by atoms with E-state index in [1.165, 1.54) is 0 Å². The number of aromatic nitrogens is 3. The second kappa shape index (κ2) is 1.52. The van der Waals surface area contributed by atoms with Crippen LogP contribution >= 0.6 is 0 Å². The monoisotopic (exact) mass is 110 g/mol. The van der Waals surface area contributed by atoms with Crippen LogP contribution in [0.25, 0.3) is 0 Å². The standard InChI is InChI=1S/C2H3N4.Al/c3-2-4-1-5-6-2;/h(H3,3,4,5,6);. The number of H-pyrrole nitrogens is 1. The third-order valence-corrected chi connectivity index (χ3v) is 0.778. The van der Waals surface area contributed by atoms with Crippen molar-refractivity contribution < 1.29 is 0 Å². The van der Waals surface area contributed by atoms with Crippen LogP contribution < -0.4 is 10.4 Å². The van der Waals surface area contributed by atoms with Crippen LogP contribution in [0.3, 0.4) is 0 Å². The zero-order valence-electron chi connectivity index (χ0n) is 3.55. The second-order valence-corrected chi connectivity index (χ2v) is 1.63. The summed E-state index contributed by atoms with van der Waals surface area (Å²) in [6, 6.07) is 0. The highest BCUT2D eigenvalue weighted by Gasteiger charge is 1.85. The molecule has 2 radical (unpaired) electrons. The molecule has 1 heterocycles. The molecular formula is C2H3AlN4. The van der Waals surface area contributed by atoms with Crippen molar-refractivity contribution in [2.24, 2.45) is 0 Å². The Bertz CT molecular complexity index is 142. The van der Waals surface area contributed by atoms with Crippen LogP contribution in [0, 0.1) is 0 Å². The van der Waals surface area contributed by atoms with E-state index in [1.54, 1.807) is 0 Å². The maximum Gasteiger partial charge on any atom is 0.243 e. The van der Waals surface area contributed by atoms with Gasteiger partial charge in [0.2, 0.25) is 22.2 Å². The van der Waals surface area contributed by atoms with Gasteiger partial charge in [-0.1, -0.05) is 0 Å². The predicted molar refractivity (Wildman–Crippen MR) is 26.2 cm³/mol. The Labute approximate surface area is 48.5 Å². The lowest BCUT2D eigenvalue weighted by molar-refractivity contribution is 1.12. The lowest BCUT2D eigenvalue weighted by Gasteiger charge is -1.70. The number of hydrogen-bond donors (Lipinski definition) is 2. The van der Waals surface area contributed by atoms with Crippen molar-refractivity contribution >= 4 is 26.9 Å². The Hall–Kier alpha value is -0.528. The van der Waals surface area contributed by atoms with Gasteiger partial charge in [0.05, 0.1) is 0 Å². The molecule has 0 aliphatic rings. The maximum absolute atomic E-state index is 5.11. The predicted octanol–water partition coefficient (Wildman–Crippen LogP) is -1.82. The first-order valence-electron chi connectivity index (χ1n) is 1.72. The van der Waals surface area contributed by atoms with E-state index in [-0.39, 0.29) is 5.95 Å². The first-order valence-corrected chi connectivity index (χ1v) is 2.30. The van der Waals surface area contributed by atoms with E-state index in [0.29, 0.717) is 4.69 Å². The van der Waals surface area contributed by atoms with Gasteiger partial charge in [-0.25, -0.2) is 4.98 Å². The summed E-state index contributed by atoms with van der Waals surface area (Å²) < 4.78 is 0.664. The number of anilines is 1. The number of nitrogens with two attached hydrogens (primary N) is 1. The van der Waals surface area contributed by atoms with Crippen LogP contribution in [-0.4, -0.2) is 31.5 Å². The van der Waals surface area contributed by atoms with Crippen LogP contribution in [0.4, 0.5) is 5.95 Å². The largest absolute Gasteiger partial charge is 0.367 e. The summed E-state index contributed by atoms with van der Waals surface area (Å²) in [7, 11) is 0. The lowest BCUT2D eigenvalue weighted by atomic mass is 11.1. The third kappa shape index (κ3) is 0.919. The van der Waals surface area contributed by atoms with Crippen molar-refractivity contribution in [2.75, 3.05) is 5.73 Å². The average Bonchev–Trinajstić information content (AvgIpc) is 1.87. The molecule has 1 aromatic heterocycles. The van der Waals surface area contributed by atoms with Crippen molar-refractivity contribution in [1.82, 2.24) is 15.2 Å². The van der Waals surface area contributed by atoms with E-state index in [0.717, 1.165) is 0 Å². The zero-order valence-corrected chi connectivity index (χ0v) is 4.70. The minimum absolute atomic E-state index is 0.282. The van der Waals surface area contributed by atoms with Crippen LogP contribution in [0.15, 0.2) is 0 Å². The van der Waals surface area contributed by atoms with E-state index in [1.807, 2.05) is 0 Å². The Morgan fingerprint density at radius 1 is 1.71 bits per heavy atom. The molecule has 0 aromatic carbocycles. The van der Waals surface area contributed by atoms with Gasteiger partial charge in [0.15, 0.2) is 0 Å². The van der Waals surface area contributed by atoms with Crippen LogP contribution in [0.5, 0.6) is 0 Å². The van der Waals surface area contributed by atoms with Crippen molar-refractivity contribution in [3.8, 4) is 0 Å². The Morgan fingerprint density at radius 3 is 2.57 bits per heavy atom. The van der Waals surface area contributed by atoms with Gasteiger partial charge in [-0.3, -0.25) is 5.10 Å². The summed E-state index contributed by atoms with van der Waals surface area (Å²) in [4.78, 5) is 3.69. The van der Waals surface area contributed by atoms with Crippen molar-refractivity contribution in [3.63, 3.8) is 0 Å². The highest BCUT2D eigenvalue weighted by atomic mass is 27.0. The van der Waals surface area contributed by atoms with E-state index < -0.39 is 0 Å². The molecule has 4 nitrogen and oxygen atoms in total. The fourth-order valence-corrected chi connectivity index (χ4v) is 0.485. The molecule has 1 rings (SSSR count). The van der Waals surface area contributed by atoms with Crippen molar-refractivity contribution in [1.29, 1.82) is 0 Å². The van der Waals surface area contributed by atoms with Crippen LogP contribution in [0.2, 0.25) is 0 Å². The molecule has 0 aliphatic carbocycles. The Kier molecular flexibility index (Phi) is 1.01. The number of nitrogen functional groups attached to an aromatic ring is 1. The molecule has 0 atom stereocenters. The highest BCUT2D eigenvalue weighted by molar-refractivity contribution is 6.29. The van der Waals surface area contributed by atoms with Crippen LogP contribution in [-0.2, 0) is 0 Å². The minimum atomic E-state index is 0.282. The highest BCUT2D eigenvalue weighted by Crippen LogP contribution is 1.74. The van der Waals surface area contributed by atoms with Gasteiger partial charge < -0.3 is 5.73 Å². The average molecular weight is 110 g/mol. The van der Waals surface area contributed by atoms with E-state index in [4.69, 9.17) is 5.73 Å². The number of nitrogens with zero attached hydrogens (tertiary/aromatic N) is 2. The number of hydrogen-bond acceptors (Lipinski definition) is 3. The molecule has 5 heteroatoms. The zero-order chi connectivity index (χ0) is 5.28. The van der Waals surface area contributed by atoms with E-state index in [9.17, 15) is 0 Å². The fraction of sp³-hybridized carbons (Fsp3) is 0. The van der Waals surface area contributed by atoms with Gasteiger partial charge in [0.25, 0.3) is 0 Å². The molecular weight excluding hydrogens is 107 g/mol. The smallest absolute Gasteiger partial charge is 0.243 e. The van der Waals surface area contributed by atoms with Crippen molar-refractivity contribution in [3.05, 3.63) is 0 Å². The van der Waals surface area contributed by atoms with Crippen LogP contribution in [0.1, 0.15) is 0 Å². The van der Waals surface area contributed by atoms with Gasteiger partial charge in [0.1, 0.15) is 0 Å². The molecule has 3 N–H and O–H groups in total. The molecule has 0 spiro atoms. The second-order valence-electron chi connectivity index (χ2n) is 1.08. The molecule has 0 saturated heterocycles. The van der Waals surface area contributed by atoms with Gasteiger partial charge in [0, 0.05) is 4.69 Å². The van der Waals surface area contributed by atoms with Gasteiger partial charge in [-0.05, 0) is 0 Å². The summed E-state index contributed by atoms with van der Waals surface area (Å²) in [5.74, 6) is 0.282. The van der Waals surface area contributed by atoms with Gasteiger partial charge >= 0.3 is 0 Å². The normalized spacial score (nSPS) is 9.14. The molecule has 0 saturated carbocycles. The molecule has 7 heavy (non-hydrogen) atoms. The minimum Gasteiger partial charge on any atom is -0.367 e. The summed E-state index contributed by atoms with van der Waals surface area (Å²) in [6.45, 7) is 0. The Morgan fingerprint density at radius 2 is 2.43 bits per heavy atom. The van der Waals surface area contributed by atoms with Crippen molar-refractivity contribution in [2.45, 2.75) is 0 Å². The van der Waals surface area contributed by atoms with E-state index >= 15 is 0 Å². The Balaban J connectivity index is 3.04. The quantitative estimate of drug-likeness (QED) is 0.386. The number of aromatic amines is 1. The SMILES string of the molecule is Nc1n[nH][c]([Al])n1. The molecule has 0 bridgehead atoms. The topological polar surface area (TPSA) is 67.6 Å². The summed E-state index contributed by atoms with van der Waals surface area (Å²) in [5.41, 5.74) is 5.11. The first kappa shape index (κ1) is 4.63. The summed E-state index contributed by atoms with van der Waals surface area (Å²) in [5, 5.41) is 6.08. The number of rotatable bonds is 0. The lowest BCUT2D eigenvalue weighted by Crippen LogP contribution is -2.05. The molecule has 0 amide bonds. The molecule has 1 aromatic rings. The summed E-state index contributed by atoms with van der Waals surface area (Å²) >= 11 is 2.34. The third-order valence-electron chi connectivity index (χ3n) is 0.520. The summed E-state index contributed by atoms with van der Waals surface area (Å²) in [6.07, 6.45) is 0.